The van der Waals surface area contributed by atoms with E-state index >= 15 is 0 Å². The van der Waals surface area contributed by atoms with Gasteiger partial charge in [0.25, 0.3) is 0 Å². The number of nitrogens with one attached hydrogen (secondary N) is 2. The maximum Gasteiger partial charge on any atom is 0.0544 e. The molecule has 1 aromatic heterocycles. The minimum atomic E-state index is 1.09. The van der Waals surface area contributed by atoms with Gasteiger partial charge in [-0.1, -0.05) is 60.7 Å². The van der Waals surface area contributed by atoms with Gasteiger partial charge in [0, 0.05) is 33.2 Å². The molecule has 4 aromatic carbocycles. The van der Waals surface area contributed by atoms with Gasteiger partial charge in [-0.2, -0.15) is 0 Å². The number of para-hydroxylation sites is 2. The third-order valence-corrected chi connectivity index (χ3v) is 5.04. The van der Waals surface area contributed by atoms with Gasteiger partial charge in [-0.05, 0) is 48.4 Å². The second-order valence-electron chi connectivity index (χ2n) is 6.97. The van der Waals surface area contributed by atoms with Crippen LogP contribution in [-0.2, 0) is 0 Å². The molecule has 0 saturated carbocycles. The van der Waals surface area contributed by atoms with Crippen LogP contribution in [-0.4, -0.2) is 4.98 Å². The Labute approximate surface area is 158 Å². The number of aromatic nitrogens is 1. The van der Waals surface area contributed by atoms with Crippen LogP contribution in [0.15, 0.2) is 91.0 Å². The Morgan fingerprint density at radius 3 is 2.30 bits per heavy atom. The number of hydrogen-bond donors (Lipinski definition) is 2. The zero-order valence-electron chi connectivity index (χ0n) is 15.2. The van der Waals surface area contributed by atoms with E-state index in [9.17, 15) is 0 Å². The molecule has 0 unspecified atom stereocenters. The highest BCUT2D eigenvalue weighted by atomic mass is 14.9. The van der Waals surface area contributed by atoms with E-state index < -0.39 is 0 Å². The van der Waals surface area contributed by atoms with Gasteiger partial charge in [0.1, 0.15) is 0 Å². The zero-order chi connectivity index (χ0) is 18.2. The molecule has 0 radical (unpaired) electrons. The molecule has 130 valence electrons. The quantitative estimate of drug-likeness (QED) is 0.359. The normalized spacial score (nSPS) is 11.1. The number of H-pyrrole nitrogens is 1. The summed E-state index contributed by atoms with van der Waals surface area (Å²) in [6, 6.07) is 32.0. The molecule has 0 bridgehead atoms. The Morgan fingerprint density at radius 2 is 1.44 bits per heavy atom. The van der Waals surface area contributed by atoms with Crippen LogP contribution >= 0.6 is 0 Å². The average molecular weight is 348 g/mol. The summed E-state index contributed by atoms with van der Waals surface area (Å²) in [7, 11) is 0. The second kappa shape index (κ2) is 6.33. The van der Waals surface area contributed by atoms with Crippen molar-refractivity contribution in [2.75, 3.05) is 5.32 Å². The van der Waals surface area contributed by atoms with Crippen LogP contribution in [0.2, 0.25) is 0 Å². The van der Waals surface area contributed by atoms with Gasteiger partial charge in [0.05, 0.1) is 5.52 Å². The predicted octanol–water partition coefficient (Wildman–Crippen LogP) is 7.04. The fourth-order valence-electron chi connectivity index (χ4n) is 3.74. The van der Waals surface area contributed by atoms with Crippen LogP contribution in [0.3, 0.4) is 0 Å². The number of fused-ring (bicyclic) bond motifs is 3. The Morgan fingerprint density at radius 1 is 0.667 bits per heavy atom. The van der Waals surface area contributed by atoms with Gasteiger partial charge >= 0.3 is 0 Å². The van der Waals surface area contributed by atoms with Gasteiger partial charge in [-0.15, -0.1) is 0 Å². The highest BCUT2D eigenvalue weighted by molar-refractivity contribution is 6.11. The Kier molecular flexibility index (Phi) is 3.68. The van der Waals surface area contributed by atoms with Crippen molar-refractivity contribution in [2.24, 2.45) is 0 Å². The average Bonchev–Trinajstić information content (AvgIpc) is 3.08. The molecule has 2 N–H and O–H groups in total. The molecule has 0 spiro atoms. The first kappa shape index (κ1) is 15.7. The SMILES string of the molecule is Cc1cccc(Nc2ccc(-c3cccc4c3[nH]c3ccccc34)cc2)c1. The van der Waals surface area contributed by atoms with Crippen LogP contribution < -0.4 is 5.32 Å². The van der Waals surface area contributed by atoms with E-state index in [1.165, 1.54) is 38.5 Å². The summed E-state index contributed by atoms with van der Waals surface area (Å²) in [5, 5.41) is 6.01. The Balaban J connectivity index is 1.53. The number of benzene rings is 4. The zero-order valence-corrected chi connectivity index (χ0v) is 15.2. The van der Waals surface area contributed by atoms with Crippen molar-refractivity contribution >= 4 is 33.2 Å². The Bertz CT molecular complexity index is 1250. The molecule has 5 rings (SSSR count). The van der Waals surface area contributed by atoms with E-state index in [1.807, 2.05) is 0 Å². The van der Waals surface area contributed by atoms with Gasteiger partial charge in [0.15, 0.2) is 0 Å². The van der Waals surface area contributed by atoms with Crippen molar-refractivity contribution in [3.05, 3.63) is 96.6 Å². The number of hydrogen-bond acceptors (Lipinski definition) is 1. The standard InChI is InChI=1S/C25H20N2/c1-17-6-4-7-20(16-17)26-19-14-12-18(13-15-19)21-9-5-10-23-22-8-2-3-11-24(22)27-25(21)23/h2-16,26-27H,1H3. The lowest BCUT2D eigenvalue weighted by molar-refractivity contribution is 1.45. The summed E-state index contributed by atoms with van der Waals surface area (Å²) >= 11 is 0. The first-order valence-electron chi connectivity index (χ1n) is 9.21. The van der Waals surface area contributed by atoms with Gasteiger partial charge in [0.2, 0.25) is 0 Å². The van der Waals surface area contributed by atoms with Crippen molar-refractivity contribution in [3.8, 4) is 11.1 Å². The van der Waals surface area contributed by atoms with Crippen LogP contribution in [0.5, 0.6) is 0 Å². The molecule has 0 aliphatic heterocycles. The first-order valence-corrected chi connectivity index (χ1v) is 9.21. The minimum Gasteiger partial charge on any atom is -0.356 e. The highest BCUT2D eigenvalue weighted by Gasteiger charge is 2.09. The number of aryl methyl sites for hydroxylation is 1. The molecule has 0 aliphatic rings. The van der Waals surface area contributed by atoms with Gasteiger partial charge < -0.3 is 10.3 Å². The maximum atomic E-state index is 3.59. The smallest absolute Gasteiger partial charge is 0.0544 e. The lowest BCUT2D eigenvalue weighted by Gasteiger charge is -2.09. The molecule has 0 amide bonds. The number of anilines is 2. The fourth-order valence-corrected chi connectivity index (χ4v) is 3.74. The summed E-state index contributed by atoms with van der Waals surface area (Å²) in [5.41, 5.74) is 8.26. The topological polar surface area (TPSA) is 27.8 Å². The number of rotatable bonds is 3. The highest BCUT2D eigenvalue weighted by Crippen LogP contribution is 2.33. The summed E-state index contributed by atoms with van der Waals surface area (Å²) in [6.45, 7) is 2.11. The van der Waals surface area contributed by atoms with Gasteiger partial charge in [-0.25, -0.2) is 0 Å². The van der Waals surface area contributed by atoms with E-state index in [2.05, 4.69) is 108 Å². The third kappa shape index (κ3) is 2.85. The molecule has 5 aromatic rings. The third-order valence-electron chi connectivity index (χ3n) is 5.04. The van der Waals surface area contributed by atoms with E-state index in [0.29, 0.717) is 0 Å². The molecular formula is C25H20N2. The van der Waals surface area contributed by atoms with Crippen molar-refractivity contribution in [3.63, 3.8) is 0 Å². The van der Waals surface area contributed by atoms with Crippen LogP contribution in [0.25, 0.3) is 32.9 Å². The molecule has 1 heterocycles. The molecule has 2 heteroatoms. The summed E-state index contributed by atoms with van der Waals surface area (Å²) in [6.07, 6.45) is 0. The second-order valence-corrected chi connectivity index (χ2v) is 6.97. The van der Waals surface area contributed by atoms with E-state index in [4.69, 9.17) is 0 Å². The predicted molar refractivity (Wildman–Crippen MR) is 116 cm³/mol. The van der Waals surface area contributed by atoms with Crippen molar-refractivity contribution in [1.29, 1.82) is 0 Å². The van der Waals surface area contributed by atoms with E-state index in [0.717, 1.165) is 11.4 Å². The molecule has 0 aliphatic carbocycles. The maximum absolute atomic E-state index is 3.59. The molecule has 0 atom stereocenters. The van der Waals surface area contributed by atoms with Crippen LogP contribution in [0, 0.1) is 6.92 Å². The summed E-state index contributed by atoms with van der Waals surface area (Å²) in [4.78, 5) is 3.59. The van der Waals surface area contributed by atoms with Crippen LogP contribution in [0.4, 0.5) is 11.4 Å². The fraction of sp³-hybridized carbons (Fsp3) is 0.0400. The monoisotopic (exact) mass is 348 g/mol. The van der Waals surface area contributed by atoms with E-state index in [1.54, 1.807) is 0 Å². The molecule has 0 fully saturated rings. The van der Waals surface area contributed by atoms with Crippen molar-refractivity contribution in [1.82, 2.24) is 4.98 Å². The lowest BCUT2D eigenvalue weighted by Crippen LogP contribution is -1.90. The van der Waals surface area contributed by atoms with Gasteiger partial charge in [-0.3, -0.25) is 0 Å². The molecule has 2 nitrogen and oxygen atoms in total. The lowest BCUT2D eigenvalue weighted by atomic mass is 10.0. The number of aromatic amines is 1. The summed E-state index contributed by atoms with van der Waals surface area (Å²) in [5.74, 6) is 0. The van der Waals surface area contributed by atoms with Crippen LogP contribution in [0.1, 0.15) is 5.56 Å². The largest absolute Gasteiger partial charge is 0.356 e. The molecule has 27 heavy (non-hydrogen) atoms. The van der Waals surface area contributed by atoms with E-state index in [-0.39, 0.29) is 0 Å². The van der Waals surface area contributed by atoms with Crippen molar-refractivity contribution in [2.45, 2.75) is 6.92 Å². The molecule has 0 saturated heterocycles. The first-order chi connectivity index (χ1) is 13.3. The Hall–Kier alpha value is -3.52. The summed E-state index contributed by atoms with van der Waals surface area (Å²) < 4.78 is 0. The minimum absolute atomic E-state index is 1.09. The molecular weight excluding hydrogens is 328 g/mol. The van der Waals surface area contributed by atoms with Crippen molar-refractivity contribution < 1.29 is 0 Å².